The summed E-state index contributed by atoms with van der Waals surface area (Å²) in [6.45, 7) is -0.181. The molecular weight excluding hydrogens is 265 g/mol. The van der Waals surface area contributed by atoms with Crippen LogP contribution in [0.1, 0.15) is 32.1 Å². The second kappa shape index (κ2) is 6.45. The lowest BCUT2D eigenvalue weighted by molar-refractivity contribution is -0.385. The number of carbonyl (C=O) groups excluding carboxylic acids is 1. The Morgan fingerprint density at radius 3 is 2.65 bits per heavy atom. The number of nitrogens with zero attached hydrogens (tertiary/aromatic N) is 1. The van der Waals surface area contributed by atoms with Crippen molar-refractivity contribution < 1.29 is 18.8 Å². The van der Waals surface area contributed by atoms with Gasteiger partial charge in [0.05, 0.1) is 11.0 Å². The summed E-state index contributed by atoms with van der Waals surface area (Å²) >= 11 is 0. The quantitative estimate of drug-likeness (QED) is 0.613. The van der Waals surface area contributed by atoms with E-state index in [1.807, 2.05) is 0 Å². The summed E-state index contributed by atoms with van der Waals surface area (Å²) in [5.74, 6) is -0.970. The molecule has 0 heterocycles. The van der Waals surface area contributed by atoms with Gasteiger partial charge in [-0.05, 0) is 18.9 Å². The number of non-ortho nitro benzene ring substituents is 1. The van der Waals surface area contributed by atoms with Crippen molar-refractivity contribution in [1.29, 1.82) is 0 Å². The summed E-state index contributed by atoms with van der Waals surface area (Å²) < 4.78 is 18.7. The molecule has 6 heteroatoms. The predicted molar refractivity (Wildman–Crippen MR) is 70.1 cm³/mol. The normalized spacial score (nSPS) is 15.8. The molecule has 20 heavy (non-hydrogen) atoms. The number of carbonyl (C=O) groups is 1. The summed E-state index contributed by atoms with van der Waals surface area (Å²) in [7, 11) is 0. The molecule has 1 aliphatic carbocycles. The molecule has 0 amide bonds. The Morgan fingerprint density at radius 2 is 2.05 bits per heavy atom. The van der Waals surface area contributed by atoms with Crippen molar-refractivity contribution in [3.63, 3.8) is 0 Å². The van der Waals surface area contributed by atoms with E-state index >= 15 is 0 Å². The van der Waals surface area contributed by atoms with E-state index in [1.54, 1.807) is 0 Å². The maximum atomic E-state index is 13.6. The highest BCUT2D eigenvalue weighted by Gasteiger charge is 2.22. The standard InChI is InChI=1S/C14H16FNO4/c15-12-8-11(16(18)19)6-7-14(12)20-9-13(17)10-4-2-1-3-5-10/h6-8,10H,1-5,9H2. The van der Waals surface area contributed by atoms with Gasteiger partial charge >= 0.3 is 0 Å². The highest BCUT2D eigenvalue weighted by Crippen LogP contribution is 2.26. The van der Waals surface area contributed by atoms with Crippen molar-refractivity contribution in [2.24, 2.45) is 5.92 Å². The number of rotatable bonds is 5. The molecule has 0 N–H and O–H groups in total. The number of nitro benzene ring substituents is 1. The summed E-state index contributed by atoms with van der Waals surface area (Å²) in [5.41, 5.74) is -0.339. The van der Waals surface area contributed by atoms with Crippen LogP contribution in [-0.2, 0) is 4.79 Å². The molecule has 1 fully saturated rings. The molecule has 2 rings (SSSR count). The van der Waals surface area contributed by atoms with Gasteiger partial charge in [0.2, 0.25) is 0 Å². The average Bonchev–Trinajstić information content (AvgIpc) is 2.46. The van der Waals surface area contributed by atoms with Gasteiger partial charge in [0.15, 0.2) is 17.3 Å². The Hall–Kier alpha value is -1.98. The van der Waals surface area contributed by atoms with Crippen molar-refractivity contribution in [3.8, 4) is 5.75 Å². The Labute approximate surface area is 115 Å². The van der Waals surface area contributed by atoms with Crippen LogP contribution in [0.2, 0.25) is 0 Å². The van der Waals surface area contributed by atoms with E-state index in [1.165, 1.54) is 6.07 Å². The smallest absolute Gasteiger partial charge is 0.272 e. The van der Waals surface area contributed by atoms with Crippen LogP contribution in [0.4, 0.5) is 10.1 Å². The second-order valence-corrected chi connectivity index (χ2v) is 4.96. The van der Waals surface area contributed by atoms with E-state index in [4.69, 9.17) is 4.74 Å². The monoisotopic (exact) mass is 281 g/mol. The number of ether oxygens (including phenoxy) is 1. The highest BCUT2D eigenvalue weighted by atomic mass is 19.1. The van der Waals surface area contributed by atoms with E-state index < -0.39 is 10.7 Å². The van der Waals surface area contributed by atoms with E-state index in [-0.39, 0.29) is 29.7 Å². The number of hydrogen-bond acceptors (Lipinski definition) is 4. The zero-order valence-corrected chi connectivity index (χ0v) is 11.0. The van der Waals surface area contributed by atoms with Crippen molar-refractivity contribution in [2.75, 3.05) is 6.61 Å². The molecular formula is C14H16FNO4. The number of halogens is 1. The molecule has 108 valence electrons. The fourth-order valence-corrected chi connectivity index (χ4v) is 2.41. The maximum absolute atomic E-state index is 13.6. The fourth-order valence-electron chi connectivity index (χ4n) is 2.41. The zero-order valence-electron chi connectivity index (χ0n) is 11.0. The molecule has 0 atom stereocenters. The molecule has 0 aliphatic heterocycles. The summed E-state index contributed by atoms with van der Waals surface area (Å²) in [6.07, 6.45) is 4.97. The third-order valence-corrected chi connectivity index (χ3v) is 3.56. The Bertz CT molecular complexity index is 512. The molecule has 0 bridgehead atoms. The molecule has 0 aromatic heterocycles. The first-order valence-electron chi connectivity index (χ1n) is 6.67. The molecule has 1 saturated carbocycles. The van der Waals surface area contributed by atoms with Crippen LogP contribution in [0.5, 0.6) is 5.75 Å². The van der Waals surface area contributed by atoms with Gasteiger partial charge in [0.25, 0.3) is 5.69 Å². The van der Waals surface area contributed by atoms with E-state index in [2.05, 4.69) is 0 Å². The van der Waals surface area contributed by atoms with Crippen LogP contribution in [0.3, 0.4) is 0 Å². The van der Waals surface area contributed by atoms with E-state index in [9.17, 15) is 19.3 Å². The first-order valence-corrected chi connectivity index (χ1v) is 6.67. The van der Waals surface area contributed by atoms with Gasteiger partial charge in [0.1, 0.15) is 6.61 Å². The van der Waals surface area contributed by atoms with Crippen LogP contribution in [0, 0.1) is 21.8 Å². The van der Waals surface area contributed by atoms with Gasteiger partial charge in [-0.3, -0.25) is 14.9 Å². The Balaban J connectivity index is 1.93. The number of nitro groups is 1. The Morgan fingerprint density at radius 1 is 1.35 bits per heavy atom. The summed E-state index contributed by atoms with van der Waals surface area (Å²) in [4.78, 5) is 21.7. The third kappa shape index (κ3) is 3.53. The average molecular weight is 281 g/mol. The van der Waals surface area contributed by atoms with Gasteiger partial charge in [0, 0.05) is 12.0 Å². The minimum absolute atomic E-state index is 0.00450. The number of benzene rings is 1. The lowest BCUT2D eigenvalue weighted by Crippen LogP contribution is -2.23. The van der Waals surface area contributed by atoms with Gasteiger partial charge in [-0.1, -0.05) is 19.3 Å². The van der Waals surface area contributed by atoms with Gasteiger partial charge < -0.3 is 4.74 Å². The van der Waals surface area contributed by atoms with Crippen molar-refractivity contribution in [2.45, 2.75) is 32.1 Å². The van der Waals surface area contributed by atoms with E-state index in [0.717, 1.165) is 44.2 Å². The van der Waals surface area contributed by atoms with Crippen LogP contribution >= 0.6 is 0 Å². The third-order valence-electron chi connectivity index (χ3n) is 3.56. The van der Waals surface area contributed by atoms with Crippen LogP contribution < -0.4 is 4.74 Å². The minimum Gasteiger partial charge on any atom is -0.483 e. The highest BCUT2D eigenvalue weighted by molar-refractivity contribution is 5.82. The molecule has 0 saturated heterocycles. The second-order valence-electron chi connectivity index (χ2n) is 4.96. The Kier molecular flexibility index (Phi) is 4.65. The summed E-state index contributed by atoms with van der Waals surface area (Å²) in [5, 5.41) is 10.5. The molecule has 5 nitrogen and oxygen atoms in total. The van der Waals surface area contributed by atoms with E-state index in [0.29, 0.717) is 0 Å². The number of ketones is 1. The summed E-state index contributed by atoms with van der Waals surface area (Å²) in [6, 6.07) is 3.13. The fraction of sp³-hybridized carbons (Fsp3) is 0.500. The number of Topliss-reactive ketones (excluding diaryl/α,β-unsaturated/α-hetero) is 1. The molecule has 0 unspecified atom stereocenters. The largest absolute Gasteiger partial charge is 0.483 e. The van der Waals surface area contributed by atoms with Crippen molar-refractivity contribution >= 4 is 11.5 Å². The molecule has 1 aromatic carbocycles. The van der Waals surface area contributed by atoms with Gasteiger partial charge in [-0.15, -0.1) is 0 Å². The first-order chi connectivity index (χ1) is 9.58. The lowest BCUT2D eigenvalue weighted by Gasteiger charge is -2.20. The van der Waals surface area contributed by atoms with Crippen molar-refractivity contribution in [1.82, 2.24) is 0 Å². The maximum Gasteiger partial charge on any atom is 0.272 e. The minimum atomic E-state index is -0.823. The molecule has 1 aromatic rings. The number of hydrogen-bond donors (Lipinski definition) is 0. The van der Waals surface area contributed by atoms with Crippen LogP contribution in [0.15, 0.2) is 18.2 Å². The SMILES string of the molecule is O=C(COc1ccc([N+](=O)[O-])cc1F)C1CCCCC1. The molecule has 0 spiro atoms. The molecule has 0 radical (unpaired) electrons. The lowest BCUT2D eigenvalue weighted by atomic mass is 9.86. The van der Waals surface area contributed by atoms with Gasteiger partial charge in [-0.25, -0.2) is 4.39 Å². The topological polar surface area (TPSA) is 69.4 Å². The van der Waals surface area contributed by atoms with Crippen molar-refractivity contribution in [3.05, 3.63) is 34.1 Å². The van der Waals surface area contributed by atoms with Crippen LogP contribution in [-0.4, -0.2) is 17.3 Å². The first kappa shape index (κ1) is 14.4. The zero-order chi connectivity index (χ0) is 14.5. The van der Waals surface area contributed by atoms with Crippen LogP contribution in [0.25, 0.3) is 0 Å². The predicted octanol–water partition coefficient (Wildman–Crippen LogP) is 3.26. The molecule has 1 aliphatic rings. The van der Waals surface area contributed by atoms with Gasteiger partial charge in [-0.2, -0.15) is 0 Å².